The molecule has 0 amide bonds. The Hall–Kier alpha value is -0.603. The molecule has 2 heteroatoms. The largest absolute Gasteiger partial charge is 0.410 e. The maximum atomic E-state index is 6.33. The van der Waals surface area contributed by atoms with E-state index in [2.05, 4.69) is 71.9 Å². The van der Waals surface area contributed by atoms with Crippen LogP contribution in [0.15, 0.2) is 30.3 Å². The summed E-state index contributed by atoms with van der Waals surface area (Å²) in [6, 6.07) is 10.7. The van der Waals surface area contributed by atoms with E-state index in [-0.39, 0.29) is 10.6 Å². The van der Waals surface area contributed by atoms with Gasteiger partial charge in [-0.05, 0) is 31.0 Å². The zero-order valence-electron chi connectivity index (χ0n) is 11.4. The Bertz CT molecular complexity index is 319. The fraction of sp³-hybridized carbons (Fsp3) is 0.571. The lowest BCUT2D eigenvalue weighted by atomic mass is 10.2. The van der Waals surface area contributed by atoms with Crippen molar-refractivity contribution >= 4 is 14.2 Å². The third kappa shape index (κ3) is 4.10. The summed E-state index contributed by atoms with van der Waals surface area (Å²) < 4.78 is 6.33. The van der Waals surface area contributed by atoms with Crippen molar-refractivity contribution < 1.29 is 4.43 Å². The summed E-state index contributed by atoms with van der Waals surface area (Å²) in [7, 11) is -1.41. The molecule has 0 N–H and O–H groups in total. The minimum Gasteiger partial charge on any atom is -0.410 e. The second-order valence-corrected chi connectivity index (χ2v) is 9.78. The molecule has 0 aromatic heterocycles. The van der Waals surface area contributed by atoms with Crippen LogP contribution in [0.3, 0.4) is 0 Å². The zero-order chi connectivity index (χ0) is 12.4. The van der Waals surface area contributed by atoms with E-state index in [1.54, 1.807) is 0 Å². The molecule has 1 unspecified atom stereocenters. The molecule has 0 heterocycles. The molecule has 0 aliphatic carbocycles. The van der Waals surface area contributed by atoms with E-state index in [0.717, 1.165) is 0 Å². The molecule has 0 spiro atoms. The van der Waals surface area contributed by atoms with Crippen molar-refractivity contribution in [2.24, 2.45) is 0 Å². The topological polar surface area (TPSA) is 9.23 Å². The lowest BCUT2D eigenvalue weighted by Gasteiger charge is -2.35. The van der Waals surface area contributed by atoms with Gasteiger partial charge in [-0.15, -0.1) is 0 Å². The van der Waals surface area contributed by atoms with E-state index in [4.69, 9.17) is 4.43 Å². The SMILES string of the molecule is CC(C)(C)O[SiH](c1ccccc1)C(C)(C)C. The minimum absolute atomic E-state index is 0.0555. The first-order chi connectivity index (χ1) is 7.20. The van der Waals surface area contributed by atoms with Crippen LogP contribution in [0.4, 0.5) is 0 Å². The Morgan fingerprint density at radius 3 is 1.75 bits per heavy atom. The molecular formula is C14H24OSi. The van der Waals surface area contributed by atoms with Gasteiger partial charge in [0.25, 0.3) is 0 Å². The smallest absolute Gasteiger partial charge is 0.214 e. The van der Waals surface area contributed by atoms with Crippen LogP contribution >= 0.6 is 0 Å². The summed E-state index contributed by atoms with van der Waals surface area (Å²) >= 11 is 0. The van der Waals surface area contributed by atoms with Gasteiger partial charge in [0, 0.05) is 5.60 Å². The Morgan fingerprint density at radius 2 is 1.38 bits per heavy atom. The molecule has 0 aliphatic heterocycles. The summed E-state index contributed by atoms with van der Waals surface area (Å²) in [5, 5.41) is 1.64. The first-order valence-corrected chi connectivity index (χ1v) is 7.55. The Kier molecular flexibility index (Phi) is 3.97. The predicted octanol–water partition coefficient (Wildman–Crippen LogP) is 3.23. The second-order valence-electron chi connectivity index (χ2n) is 6.39. The fourth-order valence-electron chi connectivity index (χ4n) is 1.73. The highest BCUT2D eigenvalue weighted by Crippen LogP contribution is 2.30. The summed E-state index contributed by atoms with van der Waals surface area (Å²) in [4.78, 5) is 0. The Labute approximate surface area is 102 Å². The van der Waals surface area contributed by atoms with Crippen LogP contribution in [-0.4, -0.2) is 14.6 Å². The van der Waals surface area contributed by atoms with Crippen LogP contribution in [-0.2, 0) is 4.43 Å². The van der Waals surface area contributed by atoms with Crippen molar-refractivity contribution in [1.29, 1.82) is 0 Å². The summed E-state index contributed by atoms with van der Waals surface area (Å²) in [5.74, 6) is 0. The molecular weight excluding hydrogens is 212 g/mol. The second kappa shape index (κ2) is 4.72. The maximum absolute atomic E-state index is 6.33. The first-order valence-electron chi connectivity index (χ1n) is 5.93. The van der Waals surface area contributed by atoms with Gasteiger partial charge in [0.15, 0.2) is 0 Å². The van der Waals surface area contributed by atoms with Gasteiger partial charge in [-0.3, -0.25) is 0 Å². The highest BCUT2D eigenvalue weighted by Gasteiger charge is 2.33. The average Bonchev–Trinajstić information content (AvgIpc) is 2.13. The molecule has 1 rings (SSSR count). The third-order valence-corrected chi connectivity index (χ3v) is 5.87. The highest BCUT2D eigenvalue weighted by atomic mass is 28.3. The monoisotopic (exact) mass is 236 g/mol. The van der Waals surface area contributed by atoms with Crippen molar-refractivity contribution in [3.05, 3.63) is 30.3 Å². The van der Waals surface area contributed by atoms with E-state index >= 15 is 0 Å². The van der Waals surface area contributed by atoms with Crippen molar-refractivity contribution in [1.82, 2.24) is 0 Å². The van der Waals surface area contributed by atoms with Crippen LogP contribution in [0.5, 0.6) is 0 Å². The van der Waals surface area contributed by atoms with Gasteiger partial charge in [0.2, 0.25) is 9.04 Å². The highest BCUT2D eigenvalue weighted by molar-refractivity contribution is 6.70. The molecule has 1 nitrogen and oxygen atoms in total. The normalized spacial score (nSPS) is 14.9. The molecule has 0 saturated carbocycles. The van der Waals surface area contributed by atoms with Crippen LogP contribution in [0.25, 0.3) is 0 Å². The van der Waals surface area contributed by atoms with Crippen molar-refractivity contribution in [3.8, 4) is 0 Å². The minimum atomic E-state index is -1.41. The molecule has 0 radical (unpaired) electrons. The third-order valence-electron chi connectivity index (χ3n) is 2.36. The van der Waals surface area contributed by atoms with E-state index in [9.17, 15) is 0 Å². The quantitative estimate of drug-likeness (QED) is 0.716. The van der Waals surface area contributed by atoms with Crippen molar-refractivity contribution in [2.45, 2.75) is 52.2 Å². The van der Waals surface area contributed by atoms with Gasteiger partial charge in [-0.1, -0.05) is 51.1 Å². The molecule has 16 heavy (non-hydrogen) atoms. The molecule has 0 saturated heterocycles. The Balaban J connectivity index is 2.98. The molecule has 0 fully saturated rings. The average molecular weight is 236 g/mol. The molecule has 0 bridgehead atoms. The summed E-state index contributed by atoms with van der Waals surface area (Å²) in [6.07, 6.45) is 0. The molecule has 1 aromatic carbocycles. The predicted molar refractivity (Wildman–Crippen MR) is 73.8 cm³/mol. The fourth-order valence-corrected chi connectivity index (χ4v) is 4.49. The lowest BCUT2D eigenvalue weighted by Crippen LogP contribution is -2.46. The number of hydrogen-bond acceptors (Lipinski definition) is 1. The maximum Gasteiger partial charge on any atom is 0.214 e. The number of benzene rings is 1. The van der Waals surface area contributed by atoms with Gasteiger partial charge in [0.05, 0.1) is 0 Å². The van der Waals surface area contributed by atoms with E-state index in [1.165, 1.54) is 5.19 Å². The van der Waals surface area contributed by atoms with Gasteiger partial charge >= 0.3 is 0 Å². The van der Waals surface area contributed by atoms with E-state index in [1.807, 2.05) is 0 Å². The van der Waals surface area contributed by atoms with Gasteiger partial charge < -0.3 is 4.43 Å². The first kappa shape index (κ1) is 13.5. The lowest BCUT2D eigenvalue weighted by molar-refractivity contribution is 0.125. The molecule has 1 atom stereocenters. The van der Waals surface area contributed by atoms with Crippen molar-refractivity contribution in [2.75, 3.05) is 0 Å². The Morgan fingerprint density at radius 1 is 0.875 bits per heavy atom. The summed E-state index contributed by atoms with van der Waals surface area (Å²) in [5.41, 5.74) is -0.0555. The van der Waals surface area contributed by atoms with Crippen LogP contribution in [0, 0.1) is 0 Å². The summed E-state index contributed by atoms with van der Waals surface area (Å²) in [6.45, 7) is 13.3. The standard InChI is InChI=1S/C14H24OSi/c1-13(2,3)15-16(14(4,5)6)12-10-8-7-9-11-12/h7-11,16H,1-6H3. The van der Waals surface area contributed by atoms with E-state index < -0.39 is 9.04 Å². The van der Waals surface area contributed by atoms with Crippen molar-refractivity contribution in [3.63, 3.8) is 0 Å². The van der Waals surface area contributed by atoms with Gasteiger partial charge in [-0.25, -0.2) is 0 Å². The van der Waals surface area contributed by atoms with Crippen LogP contribution in [0.2, 0.25) is 5.04 Å². The van der Waals surface area contributed by atoms with Crippen LogP contribution < -0.4 is 5.19 Å². The van der Waals surface area contributed by atoms with E-state index in [0.29, 0.717) is 0 Å². The molecule has 1 aromatic rings. The van der Waals surface area contributed by atoms with Gasteiger partial charge in [-0.2, -0.15) is 0 Å². The van der Waals surface area contributed by atoms with Gasteiger partial charge in [0.1, 0.15) is 0 Å². The molecule has 0 aliphatic rings. The zero-order valence-corrected chi connectivity index (χ0v) is 12.5. The molecule has 90 valence electrons. The van der Waals surface area contributed by atoms with Crippen LogP contribution in [0.1, 0.15) is 41.5 Å². The number of rotatable bonds is 2. The number of hydrogen-bond donors (Lipinski definition) is 0.